The van der Waals surface area contributed by atoms with E-state index >= 15 is 0 Å². The van der Waals surface area contributed by atoms with E-state index in [1.807, 2.05) is 6.92 Å². The van der Waals surface area contributed by atoms with Crippen LogP contribution < -0.4 is 5.73 Å². The van der Waals surface area contributed by atoms with E-state index in [9.17, 15) is 9.50 Å². The summed E-state index contributed by atoms with van der Waals surface area (Å²) in [5.41, 5.74) is 6.26. The van der Waals surface area contributed by atoms with E-state index in [4.69, 9.17) is 17.3 Å². The Morgan fingerprint density at radius 3 is 2.71 bits per heavy atom. The maximum absolute atomic E-state index is 13.0. The van der Waals surface area contributed by atoms with Crippen LogP contribution in [0.15, 0.2) is 18.2 Å². The number of aliphatic hydroxyl groups excluding tert-OH is 1. The minimum absolute atomic E-state index is 0.0620. The molecule has 0 saturated heterocycles. The van der Waals surface area contributed by atoms with Crippen LogP contribution in [0, 0.1) is 5.82 Å². The summed E-state index contributed by atoms with van der Waals surface area (Å²) in [7, 11) is 0. The molecule has 0 aliphatic heterocycles. The van der Waals surface area contributed by atoms with Gasteiger partial charge in [0, 0.05) is 0 Å². The summed E-state index contributed by atoms with van der Waals surface area (Å²) in [4.78, 5) is 0. The zero-order valence-electron chi connectivity index (χ0n) is 7.87. The van der Waals surface area contributed by atoms with Crippen LogP contribution in [0.1, 0.15) is 24.9 Å². The lowest BCUT2D eigenvalue weighted by atomic mass is 10.0. The van der Waals surface area contributed by atoms with Crippen LogP contribution in [0.5, 0.6) is 0 Å². The first kappa shape index (κ1) is 11.4. The number of rotatable bonds is 3. The average molecular weight is 218 g/mol. The van der Waals surface area contributed by atoms with Crippen molar-refractivity contribution in [3.8, 4) is 0 Å². The number of nitrogens with two attached hydrogens (primary N) is 1. The van der Waals surface area contributed by atoms with Gasteiger partial charge in [-0.05, 0) is 24.1 Å². The molecule has 14 heavy (non-hydrogen) atoms. The van der Waals surface area contributed by atoms with Crippen LogP contribution in [0.25, 0.3) is 0 Å². The van der Waals surface area contributed by atoms with Crippen molar-refractivity contribution in [3.05, 3.63) is 34.6 Å². The standard InChI is InChI=1S/C10H13ClFNO/c1-2-9(14)10(13)6-3-4-7(11)8(12)5-6/h3-5,9-10,14H,2,13H2,1H3/t9-,10+/m0/s1. The Labute approximate surface area is 87.5 Å². The maximum atomic E-state index is 13.0. The van der Waals surface area contributed by atoms with Gasteiger partial charge in [-0.3, -0.25) is 0 Å². The van der Waals surface area contributed by atoms with Crippen molar-refractivity contribution < 1.29 is 9.50 Å². The second-order valence-corrected chi connectivity index (χ2v) is 3.58. The molecule has 0 radical (unpaired) electrons. The van der Waals surface area contributed by atoms with Gasteiger partial charge in [-0.2, -0.15) is 0 Å². The summed E-state index contributed by atoms with van der Waals surface area (Å²) in [6.45, 7) is 1.82. The number of aliphatic hydroxyl groups is 1. The van der Waals surface area contributed by atoms with Crippen molar-refractivity contribution in [1.82, 2.24) is 0 Å². The second kappa shape index (κ2) is 4.73. The Morgan fingerprint density at radius 1 is 1.57 bits per heavy atom. The summed E-state index contributed by atoms with van der Waals surface area (Å²) < 4.78 is 13.0. The van der Waals surface area contributed by atoms with E-state index in [-0.39, 0.29) is 5.02 Å². The molecule has 1 rings (SSSR count). The van der Waals surface area contributed by atoms with E-state index in [0.29, 0.717) is 12.0 Å². The molecule has 1 aromatic rings. The van der Waals surface area contributed by atoms with E-state index in [1.165, 1.54) is 12.1 Å². The molecule has 0 aliphatic carbocycles. The minimum atomic E-state index is -0.657. The van der Waals surface area contributed by atoms with Gasteiger partial charge in [-0.25, -0.2) is 4.39 Å². The third-order valence-electron chi connectivity index (χ3n) is 2.16. The highest BCUT2D eigenvalue weighted by molar-refractivity contribution is 6.30. The highest BCUT2D eigenvalue weighted by Crippen LogP contribution is 2.21. The molecule has 0 unspecified atom stereocenters. The summed E-state index contributed by atoms with van der Waals surface area (Å²) in [5.74, 6) is -0.511. The van der Waals surface area contributed by atoms with Crippen LogP contribution >= 0.6 is 11.6 Å². The van der Waals surface area contributed by atoms with Gasteiger partial charge in [-0.15, -0.1) is 0 Å². The highest BCUT2D eigenvalue weighted by Gasteiger charge is 2.15. The quantitative estimate of drug-likeness (QED) is 0.816. The monoisotopic (exact) mass is 217 g/mol. The van der Waals surface area contributed by atoms with Gasteiger partial charge >= 0.3 is 0 Å². The summed E-state index contributed by atoms with van der Waals surface area (Å²) in [6.07, 6.45) is -0.124. The van der Waals surface area contributed by atoms with E-state index in [1.54, 1.807) is 6.07 Å². The molecule has 2 nitrogen and oxygen atoms in total. The molecular formula is C10H13ClFNO. The van der Waals surface area contributed by atoms with E-state index in [0.717, 1.165) is 0 Å². The van der Waals surface area contributed by atoms with Crippen molar-refractivity contribution in [2.75, 3.05) is 0 Å². The number of hydrogen-bond donors (Lipinski definition) is 2. The Bertz CT molecular complexity index is 319. The smallest absolute Gasteiger partial charge is 0.142 e. The fourth-order valence-electron chi connectivity index (χ4n) is 1.20. The summed E-state index contributed by atoms with van der Waals surface area (Å²) >= 11 is 5.52. The molecule has 78 valence electrons. The summed E-state index contributed by atoms with van der Waals surface area (Å²) in [5, 5.41) is 9.52. The van der Waals surface area contributed by atoms with Crippen molar-refractivity contribution in [3.63, 3.8) is 0 Å². The largest absolute Gasteiger partial charge is 0.391 e. The Kier molecular flexibility index (Phi) is 3.86. The van der Waals surface area contributed by atoms with Crippen molar-refractivity contribution in [2.45, 2.75) is 25.5 Å². The van der Waals surface area contributed by atoms with Gasteiger partial charge in [0.25, 0.3) is 0 Å². The molecule has 0 heterocycles. The molecule has 0 bridgehead atoms. The van der Waals surface area contributed by atoms with E-state index < -0.39 is 18.0 Å². The molecule has 3 N–H and O–H groups in total. The molecule has 0 spiro atoms. The lowest BCUT2D eigenvalue weighted by molar-refractivity contribution is 0.140. The van der Waals surface area contributed by atoms with Crippen LogP contribution in [-0.2, 0) is 0 Å². The Balaban J connectivity index is 2.91. The normalized spacial score (nSPS) is 15.2. The topological polar surface area (TPSA) is 46.2 Å². The molecular weight excluding hydrogens is 205 g/mol. The van der Waals surface area contributed by atoms with Crippen LogP contribution in [0.2, 0.25) is 5.02 Å². The zero-order chi connectivity index (χ0) is 10.7. The van der Waals surface area contributed by atoms with Crippen molar-refractivity contribution in [2.24, 2.45) is 5.73 Å². The third-order valence-corrected chi connectivity index (χ3v) is 2.47. The molecule has 1 aromatic carbocycles. The number of hydrogen-bond acceptors (Lipinski definition) is 2. The first-order valence-electron chi connectivity index (χ1n) is 4.44. The van der Waals surface area contributed by atoms with Gasteiger partial charge in [0.2, 0.25) is 0 Å². The number of halogens is 2. The molecule has 0 amide bonds. The minimum Gasteiger partial charge on any atom is -0.391 e. The maximum Gasteiger partial charge on any atom is 0.142 e. The zero-order valence-corrected chi connectivity index (χ0v) is 8.63. The van der Waals surface area contributed by atoms with Crippen molar-refractivity contribution in [1.29, 1.82) is 0 Å². The predicted octanol–water partition coefficient (Wildman–Crippen LogP) is 2.25. The molecule has 2 atom stereocenters. The van der Waals surface area contributed by atoms with Crippen molar-refractivity contribution >= 4 is 11.6 Å². The van der Waals surface area contributed by atoms with E-state index in [2.05, 4.69) is 0 Å². The average Bonchev–Trinajstić information content (AvgIpc) is 2.20. The SMILES string of the molecule is CC[C@H](O)[C@H](N)c1ccc(Cl)c(F)c1. The lowest BCUT2D eigenvalue weighted by Crippen LogP contribution is -2.25. The molecule has 4 heteroatoms. The summed E-state index contributed by atoms with van der Waals surface area (Å²) in [6, 6.07) is 3.75. The van der Waals surface area contributed by atoms with Gasteiger partial charge in [0.1, 0.15) is 5.82 Å². The fourth-order valence-corrected chi connectivity index (χ4v) is 1.31. The van der Waals surface area contributed by atoms with Gasteiger partial charge in [0.15, 0.2) is 0 Å². The van der Waals surface area contributed by atoms with Gasteiger partial charge in [-0.1, -0.05) is 24.6 Å². The molecule has 0 aliphatic rings. The highest BCUT2D eigenvalue weighted by atomic mass is 35.5. The first-order chi connectivity index (χ1) is 6.56. The Hall–Kier alpha value is -0.640. The molecule has 0 saturated carbocycles. The fraction of sp³-hybridized carbons (Fsp3) is 0.400. The predicted molar refractivity (Wildman–Crippen MR) is 54.6 cm³/mol. The van der Waals surface area contributed by atoms with Crippen LogP contribution in [-0.4, -0.2) is 11.2 Å². The Morgan fingerprint density at radius 2 is 2.21 bits per heavy atom. The second-order valence-electron chi connectivity index (χ2n) is 3.17. The first-order valence-corrected chi connectivity index (χ1v) is 4.82. The van der Waals surface area contributed by atoms with Gasteiger partial charge in [0.05, 0.1) is 17.2 Å². The lowest BCUT2D eigenvalue weighted by Gasteiger charge is -2.17. The molecule has 0 aromatic heterocycles. The van der Waals surface area contributed by atoms with Crippen LogP contribution in [0.4, 0.5) is 4.39 Å². The van der Waals surface area contributed by atoms with Gasteiger partial charge < -0.3 is 10.8 Å². The third kappa shape index (κ3) is 2.44. The van der Waals surface area contributed by atoms with Crippen LogP contribution in [0.3, 0.4) is 0 Å². The number of benzene rings is 1. The molecule has 0 fully saturated rings.